The Hall–Kier alpha value is -2.11. The van der Waals surface area contributed by atoms with Gasteiger partial charge in [-0.1, -0.05) is 30.3 Å². The van der Waals surface area contributed by atoms with E-state index in [4.69, 9.17) is 14.7 Å². The predicted octanol–water partition coefficient (Wildman–Crippen LogP) is 2.89. The van der Waals surface area contributed by atoms with Gasteiger partial charge in [0.2, 0.25) is 0 Å². The highest BCUT2D eigenvalue weighted by Gasteiger charge is 2.15. The van der Waals surface area contributed by atoms with Crippen LogP contribution in [0.3, 0.4) is 0 Å². The molecule has 0 unspecified atom stereocenters. The molecular formula is C15H16FNO3. The average molecular weight is 277 g/mol. The van der Waals surface area contributed by atoms with Crippen LogP contribution in [0.15, 0.2) is 42.5 Å². The van der Waals surface area contributed by atoms with E-state index in [9.17, 15) is 4.39 Å². The molecule has 0 amide bonds. The van der Waals surface area contributed by atoms with Crippen molar-refractivity contribution in [1.29, 1.82) is 0 Å². The minimum Gasteiger partial charge on any atom is -0.496 e. The Bertz CT molecular complexity index is 561. The van der Waals surface area contributed by atoms with Crippen molar-refractivity contribution in [2.24, 2.45) is 0 Å². The summed E-state index contributed by atoms with van der Waals surface area (Å²) in [4.78, 5) is 0. The molecule has 0 aliphatic heterocycles. The van der Waals surface area contributed by atoms with E-state index < -0.39 is 5.82 Å². The van der Waals surface area contributed by atoms with Gasteiger partial charge in [-0.25, -0.2) is 9.87 Å². The minimum absolute atomic E-state index is 0.0580. The van der Waals surface area contributed by atoms with Crippen LogP contribution in [0.25, 0.3) is 0 Å². The third-order valence-electron chi connectivity index (χ3n) is 2.88. The van der Waals surface area contributed by atoms with Crippen molar-refractivity contribution in [3.8, 4) is 11.5 Å². The molecule has 4 nitrogen and oxygen atoms in total. The molecule has 0 aromatic heterocycles. The quantitative estimate of drug-likeness (QED) is 0.797. The summed E-state index contributed by atoms with van der Waals surface area (Å²) < 4.78 is 24.8. The van der Waals surface area contributed by atoms with Gasteiger partial charge in [0.1, 0.15) is 12.4 Å². The van der Waals surface area contributed by atoms with E-state index in [0.29, 0.717) is 5.75 Å². The van der Waals surface area contributed by atoms with Gasteiger partial charge in [-0.15, -0.1) is 0 Å². The molecule has 0 saturated heterocycles. The Morgan fingerprint density at radius 3 is 2.45 bits per heavy atom. The predicted molar refractivity (Wildman–Crippen MR) is 72.4 cm³/mol. The van der Waals surface area contributed by atoms with Crippen LogP contribution in [0.2, 0.25) is 0 Å². The molecule has 0 fully saturated rings. The Morgan fingerprint density at radius 2 is 1.80 bits per heavy atom. The summed E-state index contributed by atoms with van der Waals surface area (Å²) in [5.41, 5.74) is 3.10. The summed E-state index contributed by atoms with van der Waals surface area (Å²) in [7, 11) is 1.44. The van der Waals surface area contributed by atoms with Gasteiger partial charge < -0.3 is 14.7 Å². The molecule has 0 aliphatic rings. The standard InChI is InChI=1S/C15H16FNO3/c1-19-13-7-8-14(15(16)12(13)9-17-18)20-10-11-5-3-2-4-6-11/h2-8,17-18H,9-10H2,1H3. The van der Waals surface area contributed by atoms with E-state index in [1.165, 1.54) is 13.2 Å². The van der Waals surface area contributed by atoms with E-state index in [1.807, 2.05) is 35.8 Å². The first-order valence-electron chi connectivity index (χ1n) is 6.15. The van der Waals surface area contributed by atoms with Crippen LogP contribution in [-0.2, 0) is 13.2 Å². The van der Waals surface area contributed by atoms with Gasteiger partial charge >= 0.3 is 0 Å². The molecule has 0 spiro atoms. The maximum atomic E-state index is 14.3. The molecule has 0 aliphatic carbocycles. The molecule has 0 saturated carbocycles. The van der Waals surface area contributed by atoms with Crippen molar-refractivity contribution in [3.05, 3.63) is 59.4 Å². The third-order valence-corrected chi connectivity index (χ3v) is 2.88. The van der Waals surface area contributed by atoms with Crippen molar-refractivity contribution >= 4 is 0 Å². The van der Waals surface area contributed by atoms with Crippen LogP contribution in [-0.4, -0.2) is 12.3 Å². The van der Waals surface area contributed by atoms with Crippen molar-refractivity contribution in [2.75, 3.05) is 7.11 Å². The number of nitrogens with one attached hydrogen (secondary N) is 1. The second kappa shape index (κ2) is 6.88. The highest BCUT2D eigenvalue weighted by atomic mass is 19.1. The first-order chi connectivity index (χ1) is 9.76. The molecule has 0 atom stereocenters. The highest BCUT2D eigenvalue weighted by Crippen LogP contribution is 2.29. The zero-order valence-electron chi connectivity index (χ0n) is 11.1. The molecular weight excluding hydrogens is 261 g/mol. The number of hydroxylamine groups is 1. The fraction of sp³-hybridized carbons (Fsp3) is 0.200. The summed E-state index contributed by atoms with van der Waals surface area (Å²) in [6, 6.07) is 12.6. The summed E-state index contributed by atoms with van der Waals surface area (Å²) in [5.74, 6) is -0.0576. The normalized spacial score (nSPS) is 10.3. The summed E-state index contributed by atoms with van der Waals surface area (Å²) in [5, 5.41) is 8.75. The SMILES string of the molecule is COc1ccc(OCc2ccccc2)c(F)c1CNO. The second-order valence-electron chi connectivity index (χ2n) is 4.17. The largest absolute Gasteiger partial charge is 0.496 e. The minimum atomic E-state index is -0.540. The lowest BCUT2D eigenvalue weighted by Gasteiger charge is -2.13. The van der Waals surface area contributed by atoms with Gasteiger partial charge in [0.15, 0.2) is 11.6 Å². The average Bonchev–Trinajstić information content (AvgIpc) is 2.49. The fourth-order valence-electron chi connectivity index (χ4n) is 1.86. The second-order valence-corrected chi connectivity index (χ2v) is 4.17. The van der Waals surface area contributed by atoms with Crippen LogP contribution in [0.4, 0.5) is 4.39 Å². The number of ether oxygens (including phenoxy) is 2. The smallest absolute Gasteiger partial charge is 0.173 e. The molecule has 5 heteroatoms. The third kappa shape index (κ3) is 3.26. The summed E-state index contributed by atoms with van der Waals surface area (Å²) in [6.07, 6.45) is 0. The first-order valence-corrected chi connectivity index (χ1v) is 6.15. The monoisotopic (exact) mass is 277 g/mol. The Labute approximate surface area is 116 Å². The van der Waals surface area contributed by atoms with E-state index in [1.54, 1.807) is 6.07 Å². The van der Waals surface area contributed by atoms with Crippen LogP contribution in [0, 0.1) is 5.82 Å². The van der Waals surface area contributed by atoms with Crippen LogP contribution in [0.1, 0.15) is 11.1 Å². The molecule has 106 valence electrons. The molecule has 2 rings (SSSR count). The molecule has 0 heterocycles. The van der Waals surface area contributed by atoms with E-state index in [2.05, 4.69) is 0 Å². The molecule has 2 aromatic rings. The van der Waals surface area contributed by atoms with Crippen molar-refractivity contribution in [1.82, 2.24) is 5.48 Å². The molecule has 2 N–H and O–H groups in total. The fourth-order valence-corrected chi connectivity index (χ4v) is 1.86. The lowest BCUT2D eigenvalue weighted by Crippen LogP contribution is -2.10. The molecule has 0 radical (unpaired) electrons. The lowest BCUT2D eigenvalue weighted by molar-refractivity contribution is 0.158. The van der Waals surface area contributed by atoms with Gasteiger partial charge in [0, 0.05) is 5.56 Å². The van der Waals surface area contributed by atoms with Crippen molar-refractivity contribution < 1.29 is 19.1 Å². The van der Waals surface area contributed by atoms with E-state index >= 15 is 0 Å². The molecule has 0 bridgehead atoms. The number of methoxy groups -OCH3 is 1. The van der Waals surface area contributed by atoms with Crippen LogP contribution in [0.5, 0.6) is 11.5 Å². The molecule has 20 heavy (non-hydrogen) atoms. The zero-order chi connectivity index (χ0) is 14.4. The lowest BCUT2D eigenvalue weighted by atomic mass is 10.1. The van der Waals surface area contributed by atoms with Gasteiger partial charge in [-0.3, -0.25) is 0 Å². The summed E-state index contributed by atoms with van der Waals surface area (Å²) in [6.45, 7) is 0.216. The van der Waals surface area contributed by atoms with Crippen molar-refractivity contribution in [3.63, 3.8) is 0 Å². The maximum Gasteiger partial charge on any atom is 0.173 e. The van der Waals surface area contributed by atoms with Gasteiger partial charge in [0.25, 0.3) is 0 Å². The first kappa shape index (κ1) is 14.3. The zero-order valence-corrected chi connectivity index (χ0v) is 11.1. The number of benzene rings is 2. The number of rotatable bonds is 6. The Balaban J connectivity index is 2.18. The van der Waals surface area contributed by atoms with Gasteiger partial charge in [-0.05, 0) is 17.7 Å². The Kier molecular flexibility index (Phi) is 4.92. The number of hydrogen-bond donors (Lipinski definition) is 2. The van der Waals surface area contributed by atoms with E-state index in [0.717, 1.165) is 5.56 Å². The Morgan fingerprint density at radius 1 is 1.10 bits per heavy atom. The molecule has 2 aromatic carbocycles. The summed E-state index contributed by atoms with van der Waals surface area (Å²) >= 11 is 0. The maximum absolute atomic E-state index is 14.3. The number of hydrogen-bond acceptors (Lipinski definition) is 4. The van der Waals surface area contributed by atoms with Crippen LogP contribution >= 0.6 is 0 Å². The van der Waals surface area contributed by atoms with E-state index in [-0.39, 0.29) is 24.5 Å². The van der Waals surface area contributed by atoms with Crippen LogP contribution < -0.4 is 15.0 Å². The van der Waals surface area contributed by atoms with Gasteiger partial charge in [0.05, 0.1) is 13.7 Å². The van der Waals surface area contributed by atoms with Gasteiger partial charge in [-0.2, -0.15) is 0 Å². The highest BCUT2D eigenvalue weighted by molar-refractivity contribution is 5.42. The topological polar surface area (TPSA) is 50.7 Å². The van der Waals surface area contributed by atoms with Crippen molar-refractivity contribution in [2.45, 2.75) is 13.2 Å². The number of halogens is 1.